The van der Waals surface area contributed by atoms with E-state index in [9.17, 15) is 9.59 Å². The number of carbonyl (C=O) groups excluding carboxylic acids is 2. The van der Waals surface area contributed by atoms with Gasteiger partial charge in [0.25, 0.3) is 0 Å². The largest absolute Gasteiger partial charge is 0.467 e. The van der Waals surface area contributed by atoms with E-state index in [-0.39, 0.29) is 12.2 Å². The van der Waals surface area contributed by atoms with Gasteiger partial charge in [-0.05, 0) is 26.8 Å². The fourth-order valence-corrected chi connectivity index (χ4v) is 0.875. The molecule has 0 aliphatic carbocycles. The van der Waals surface area contributed by atoms with Crippen LogP contribution in [0.5, 0.6) is 0 Å². The number of carbonyl (C=O) groups is 2. The Balaban J connectivity index is 4.38. The second kappa shape index (κ2) is 6.27. The number of amides is 1. The van der Waals surface area contributed by atoms with Crippen LogP contribution in [-0.2, 0) is 19.1 Å². The molecule has 0 bridgehead atoms. The second-order valence-electron chi connectivity index (χ2n) is 4.21. The van der Waals surface area contributed by atoms with E-state index in [1.807, 2.05) is 20.8 Å². The average molecular weight is 229 g/mol. The van der Waals surface area contributed by atoms with Crippen LogP contribution in [0, 0.1) is 0 Å². The molecule has 5 heteroatoms. The molecule has 0 heterocycles. The van der Waals surface area contributed by atoms with Crippen LogP contribution in [0.2, 0.25) is 0 Å². The molecule has 5 nitrogen and oxygen atoms in total. The van der Waals surface area contributed by atoms with Crippen molar-refractivity contribution < 1.29 is 19.1 Å². The third-order valence-corrected chi connectivity index (χ3v) is 1.67. The van der Waals surface area contributed by atoms with E-state index in [4.69, 9.17) is 4.74 Å². The fourth-order valence-electron chi connectivity index (χ4n) is 0.875. The van der Waals surface area contributed by atoms with Crippen LogP contribution in [0.15, 0.2) is 12.7 Å². The number of methoxy groups -OCH3 is 1. The Hall–Kier alpha value is -1.36. The molecule has 0 aromatic rings. The van der Waals surface area contributed by atoms with Crippen LogP contribution in [0.1, 0.15) is 20.8 Å². The molecule has 16 heavy (non-hydrogen) atoms. The lowest BCUT2D eigenvalue weighted by atomic mass is 10.2. The topological polar surface area (TPSA) is 64.6 Å². The predicted molar refractivity (Wildman–Crippen MR) is 59.8 cm³/mol. The molecule has 1 N–H and O–H groups in total. The van der Waals surface area contributed by atoms with Crippen molar-refractivity contribution in [2.45, 2.75) is 32.4 Å². The van der Waals surface area contributed by atoms with Crippen molar-refractivity contribution in [3.05, 3.63) is 12.7 Å². The van der Waals surface area contributed by atoms with Crippen molar-refractivity contribution in [3.8, 4) is 0 Å². The predicted octanol–water partition coefficient (Wildman–Crippen LogP) is 0.645. The van der Waals surface area contributed by atoms with Gasteiger partial charge in [-0.1, -0.05) is 6.58 Å². The summed E-state index contributed by atoms with van der Waals surface area (Å²) < 4.78 is 9.96. The number of esters is 1. The maximum atomic E-state index is 11.3. The quantitative estimate of drug-likeness (QED) is 0.555. The van der Waals surface area contributed by atoms with Gasteiger partial charge in [0, 0.05) is 0 Å². The van der Waals surface area contributed by atoms with Gasteiger partial charge in [0.15, 0.2) is 6.04 Å². The minimum Gasteiger partial charge on any atom is -0.467 e. The molecule has 0 aromatic carbocycles. The van der Waals surface area contributed by atoms with E-state index in [1.54, 1.807) is 0 Å². The summed E-state index contributed by atoms with van der Waals surface area (Å²) in [5.74, 6) is -0.979. The van der Waals surface area contributed by atoms with Crippen molar-refractivity contribution in [2.24, 2.45) is 0 Å². The van der Waals surface area contributed by atoms with Crippen molar-refractivity contribution in [2.75, 3.05) is 13.7 Å². The van der Waals surface area contributed by atoms with Gasteiger partial charge in [-0.2, -0.15) is 0 Å². The minimum atomic E-state index is -0.810. The number of hydrogen-bond acceptors (Lipinski definition) is 4. The Labute approximate surface area is 95.8 Å². The Morgan fingerprint density at radius 1 is 1.44 bits per heavy atom. The van der Waals surface area contributed by atoms with Crippen LogP contribution in [0.3, 0.4) is 0 Å². The summed E-state index contributed by atoms with van der Waals surface area (Å²) in [6.45, 7) is 8.94. The Bertz CT molecular complexity index is 268. The summed E-state index contributed by atoms with van der Waals surface area (Å²) in [6, 6.07) is -0.810. The highest BCUT2D eigenvalue weighted by molar-refractivity contribution is 5.91. The first kappa shape index (κ1) is 14.6. The van der Waals surface area contributed by atoms with Crippen LogP contribution < -0.4 is 5.32 Å². The first-order valence-electron chi connectivity index (χ1n) is 4.95. The highest BCUT2D eigenvalue weighted by Gasteiger charge is 2.23. The lowest BCUT2D eigenvalue weighted by Gasteiger charge is -2.23. The first-order valence-corrected chi connectivity index (χ1v) is 4.95. The fraction of sp³-hybridized carbons (Fsp3) is 0.636. The summed E-state index contributed by atoms with van der Waals surface area (Å²) in [7, 11) is 1.26. The molecule has 92 valence electrons. The molecule has 0 aromatic heterocycles. The summed E-state index contributed by atoms with van der Waals surface area (Å²) >= 11 is 0. The molecule has 1 amide bonds. The van der Waals surface area contributed by atoms with E-state index in [0.717, 1.165) is 6.08 Å². The van der Waals surface area contributed by atoms with E-state index < -0.39 is 17.9 Å². The lowest BCUT2D eigenvalue weighted by molar-refractivity contribution is -0.148. The molecule has 0 saturated carbocycles. The smallest absolute Gasteiger partial charge is 0.330 e. The molecule has 0 unspecified atom stereocenters. The van der Waals surface area contributed by atoms with E-state index in [1.165, 1.54) is 7.11 Å². The Kier molecular flexibility index (Phi) is 5.74. The van der Waals surface area contributed by atoms with Gasteiger partial charge in [-0.3, -0.25) is 4.79 Å². The van der Waals surface area contributed by atoms with Gasteiger partial charge in [0.05, 0.1) is 19.3 Å². The number of rotatable bonds is 5. The second-order valence-corrected chi connectivity index (χ2v) is 4.21. The SMILES string of the molecule is C=CC(=O)N[C@@H](COC(C)(C)C)C(=O)OC. The highest BCUT2D eigenvalue weighted by atomic mass is 16.5. The molecule has 0 spiro atoms. The zero-order chi connectivity index (χ0) is 12.8. The van der Waals surface area contributed by atoms with Gasteiger partial charge in [-0.25, -0.2) is 4.79 Å². The van der Waals surface area contributed by atoms with Crippen LogP contribution in [0.4, 0.5) is 0 Å². The molecular formula is C11H19NO4. The summed E-state index contributed by atoms with van der Waals surface area (Å²) in [5, 5.41) is 2.43. The first-order chi connectivity index (χ1) is 7.30. The summed E-state index contributed by atoms with van der Waals surface area (Å²) in [6.07, 6.45) is 1.09. The zero-order valence-electron chi connectivity index (χ0n) is 10.2. The van der Waals surface area contributed by atoms with Gasteiger partial charge in [-0.15, -0.1) is 0 Å². The third-order valence-electron chi connectivity index (χ3n) is 1.67. The summed E-state index contributed by atoms with van der Waals surface area (Å²) in [4.78, 5) is 22.4. The van der Waals surface area contributed by atoms with Crippen LogP contribution >= 0.6 is 0 Å². The Morgan fingerprint density at radius 3 is 2.38 bits per heavy atom. The Morgan fingerprint density at radius 2 is 2.00 bits per heavy atom. The molecule has 0 fully saturated rings. The maximum absolute atomic E-state index is 11.3. The van der Waals surface area contributed by atoms with Crippen molar-refractivity contribution >= 4 is 11.9 Å². The molecule has 0 aliphatic heterocycles. The molecule has 1 atom stereocenters. The van der Waals surface area contributed by atoms with Gasteiger partial charge in [0.1, 0.15) is 0 Å². The van der Waals surface area contributed by atoms with Gasteiger partial charge >= 0.3 is 5.97 Å². The lowest BCUT2D eigenvalue weighted by Crippen LogP contribution is -2.45. The monoisotopic (exact) mass is 229 g/mol. The van der Waals surface area contributed by atoms with Crippen molar-refractivity contribution in [1.82, 2.24) is 5.32 Å². The molecule has 0 aliphatic rings. The van der Waals surface area contributed by atoms with Gasteiger partial charge < -0.3 is 14.8 Å². The molecule has 0 radical (unpaired) electrons. The average Bonchev–Trinajstić information content (AvgIpc) is 2.21. The maximum Gasteiger partial charge on any atom is 0.330 e. The van der Waals surface area contributed by atoms with Crippen molar-refractivity contribution in [1.29, 1.82) is 0 Å². The molecule has 0 rings (SSSR count). The van der Waals surface area contributed by atoms with Crippen molar-refractivity contribution in [3.63, 3.8) is 0 Å². The van der Waals surface area contributed by atoms with Crippen LogP contribution in [0.25, 0.3) is 0 Å². The highest BCUT2D eigenvalue weighted by Crippen LogP contribution is 2.07. The van der Waals surface area contributed by atoms with E-state index in [0.29, 0.717) is 0 Å². The minimum absolute atomic E-state index is 0.0652. The normalized spacial score (nSPS) is 12.8. The van der Waals surface area contributed by atoms with Gasteiger partial charge in [0.2, 0.25) is 5.91 Å². The molecule has 0 saturated heterocycles. The third kappa shape index (κ3) is 6.19. The van der Waals surface area contributed by atoms with E-state index >= 15 is 0 Å². The zero-order valence-corrected chi connectivity index (χ0v) is 10.2. The number of ether oxygens (including phenoxy) is 2. The number of nitrogens with one attached hydrogen (secondary N) is 1. The van der Waals surface area contributed by atoms with Crippen LogP contribution in [-0.4, -0.2) is 37.2 Å². The number of hydrogen-bond donors (Lipinski definition) is 1. The molecular weight excluding hydrogens is 210 g/mol. The van der Waals surface area contributed by atoms with E-state index in [2.05, 4.69) is 16.6 Å². The summed E-state index contributed by atoms with van der Waals surface area (Å²) in [5.41, 5.74) is -0.384. The standard InChI is InChI=1S/C11H19NO4/c1-6-9(13)12-8(10(14)15-5)7-16-11(2,3)4/h6,8H,1,7H2,2-5H3,(H,12,13)/t8-/m0/s1.